The van der Waals surface area contributed by atoms with Gasteiger partial charge in [-0.25, -0.2) is 0 Å². The van der Waals surface area contributed by atoms with Crippen molar-refractivity contribution in [2.24, 2.45) is 5.92 Å². The van der Waals surface area contributed by atoms with E-state index in [0.29, 0.717) is 0 Å². The van der Waals surface area contributed by atoms with Crippen molar-refractivity contribution < 1.29 is 4.74 Å². The van der Waals surface area contributed by atoms with Crippen LogP contribution in [0, 0.1) is 5.92 Å². The highest BCUT2D eigenvalue weighted by molar-refractivity contribution is 9.09. The van der Waals surface area contributed by atoms with Crippen LogP contribution in [-0.4, -0.2) is 17.5 Å². The summed E-state index contributed by atoms with van der Waals surface area (Å²) in [6, 6.07) is 0. The van der Waals surface area contributed by atoms with Crippen LogP contribution in [-0.2, 0) is 4.74 Å². The zero-order valence-electron chi connectivity index (χ0n) is 7.40. The van der Waals surface area contributed by atoms with E-state index in [9.17, 15) is 0 Å². The first-order valence-electron chi connectivity index (χ1n) is 4.34. The van der Waals surface area contributed by atoms with Crippen LogP contribution in [0.3, 0.4) is 0 Å². The van der Waals surface area contributed by atoms with E-state index in [1.54, 1.807) is 0 Å². The molecule has 0 aromatic heterocycles. The molecule has 1 rings (SSSR count). The average molecular weight is 221 g/mol. The number of rotatable bonds is 2. The molecule has 1 aliphatic rings. The van der Waals surface area contributed by atoms with Gasteiger partial charge in [-0.3, -0.25) is 0 Å². The Balaban J connectivity index is 2.25. The zero-order chi connectivity index (χ0) is 8.32. The third kappa shape index (κ3) is 3.12. The summed E-state index contributed by atoms with van der Waals surface area (Å²) < 4.78 is 5.71. The second-order valence-corrected chi connectivity index (χ2v) is 4.75. The summed E-state index contributed by atoms with van der Waals surface area (Å²) >= 11 is 3.46. The molecule has 0 spiro atoms. The molecule has 1 fully saturated rings. The molecule has 1 aliphatic heterocycles. The molecule has 1 nitrogen and oxygen atoms in total. The molecule has 1 saturated heterocycles. The second kappa shape index (κ2) is 3.90. The molecular formula is C9H17BrO. The van der Waals surface area contributed by atoms with Crippen molar-refractivity contribution >= 4 is 15.9 Å². The second-order valence-electron chi connectivity index (χ2n) is 3.95. The van der Waals surface area contributed by atoms with E-state index in [1.807, 2.05) is 0 Å². The van der Waals surface area contributed by atoms with Gasteiger partial charge in [0.1, 0.15) is 0 Å². The van der Waals surface area contributed by atoms with Crippen LogP contribution >= 0.6 is 15.9 Å². The number of ether oxygens (including phenoxy) is 1. The summed E-state index contributed by atoms with van der Waals surface area (Å²) in [6.45, 7) is 5.31. The van der Waals surface area contributed by atoms with E-state index in [-0.39, 0.29) is 5.60 Å². The summed E-state index contributed by atoms with van der Waals surface area (Å²) in [5.41, 5.74) is 0.142. The summed E-state index contributed by atoms with van der Waals surface area (Å²) in [5.74, 6) is 0.794. The third-order valence-corrected chi connectivity index (χ3v) is 2.84. The summed E-state index contributed by atoms with van der Waals surface area (Å²) in [5, 5.41) is 1.11. The van der Waals surface area contributed by atoms with Crippen molar-refractivity contribution in [2.45, 2.75) is 38.7 Å². The van der Waals surface area contributed by atoms with Crippen LogP contribution in [0.25, 0.3) is 0 Å². The van der Waals surface area contributed by atoms with Crippen molar-refractivity contribution in [3.05, 3.63) is 0 Å². The maximum atomic E-state index is 5.71. The maximum Gasteiger partial charge on any atom is 0.0626 e. The fourth-order valence-corrected chi connectivity index (χ4v) is 2.08. The van der Waals surface area contributed by atoms with Gasteiger partial charge in [0.05, 0.1) is 12.2 Å². The molecule has 2 heteroatoms. The van der Waals surface area contributed by atoms with Gasteiger partial charge in [0.25, 0.3) is 0 Å². The van der Waals surface area contributed by atoms with Crippen molar-refractivity contribution in [1.29, 1.82) is 0 Å². The molecule has 1 unspecified atom stereocenters. The molecule has 0 bridgehead atoms. The van der Waals surface area contributed by atoms with Gasteiger partial charge in [0.2, 0.25) is 0 Å². The molecule has 0 aliphatic carbocycles. The van der Waals surface area contributed by atoms with Crippen LogP contribution in [0.15, 0.2) is 0 Å². The number of halogens is 1. The van der Waals surface area contributed by atoms with Crippen molar-refractivity contribution in [3.8, 4) is 0 Å². The highest BCUT2D eigenvalue weighted by Gasteiger charge is 2.26. The Morgan fingerprint density at radius 2 is 2.27 bits per heavy atom. The van der Waals surface area contributed by atoms with Crippen molar-refractivity contribution in [1.82, 2.24) is 0 Å². The Kier molecular flexibility index (Phi) is 3.38. The highest BCUT2D eigenvalue weighted by atomic mass is 79.9. The van der Waals surface area contributed by atoms with Gasteiger partial charge in [-0.2, -0.15) is 0 Å². The Morgan fingerprint density at radius 1 is 1.55 bits per heavy atom. The standard InChI is InChI=1S/C9H17BrO/c1-9(2)5-3-8(4-6-10)7-11-9/h8H,3-7H2,1-2H3. The average Bonchev–Trinajstić information content (AvgIpc) is 1.94. The molecule has 66 valence electrons. The van der Waals surface area contributed by atoms with Gasteiger partial charge in [0, 0.05) is 5.33 Å². The van der Waals surface area contributed by atoms with E-state index in [1.165, 1.54) is 19.3 Å². The minimum atomic E-state index is 0.142. The Morgan fingerprint density at radius 3 is 2.73 bits per heavy atom. The third-order valence-electron chi connectivity index (χ3n) is 2.38. The predicted octanol–water partition coefficient (Wildman–Crippen LogP) is 2.98. The van der Waals surface area contributed by atoms with Gasteiger partial charge < -0.3 is 4.74 Å². The zero-order valence-corrected chi connectivity index (χ0v) is 8.99. The van der Waals surface area contributed by atoms with Gasteiger partial charge in [-0.05, 0) is 39.0 Å². The van der Waals surface area contributed by atoms with Gasteiger partial charge in [-0.15, -0.1) is 0 Å². The first kappa shape index (κ1) is 9.53. The number of alkyl halides is 1. The van der Waals surface area contributed by atoms with E-state index in [2.05, 4.69) is 29.8 Å². The lowest BCUT2D eigenvalue weighted by atomic mass is 9.90. The van der Waals surface area contributed by atoms with Gasteiger partial charge in [-0.1, -0.05) is 15.9 Å². The SMILES string of the molecule is CC1(C)CCC(CCBr)CO1. The predicted molar refractivity (Wildman–Crippen MR) is 51.2 cm³/mol. The largest absolute Gasteiger partial charge is 0.375 e. The van der Waals surface area contributed by atoms with E-state index < -0.39 is 0 Å². The number of hydrogen-bond acceptors (Lipinski definition) is 1. The first-order chi connectivity index (χ1) is 5.14. The Bertz CT molecular complexity index is 113. The normalized spacial score (nSPS) is 30.3. The lowest BCUT2D eigenvalue weighted by Crippen LogP contribution is -2.33. The summed E-state index contributed by atoms with van der Waals surface area (Å²) in [7, 11) is 0. The van der Waals surface area contributed by atoms with Gasteiger partial charge >= 0.3 is 0 Å². The topological polar surface area (TPSA) is 9.23 Å². The molecule has 0 aromatic rings. The van der Waals surface area contributed by atoms with Crippen LogP contribution in [0.4, 0.5) is 0 Å². The molecular weight excluding hydrogens is 204 g/mol. The van der Waals surface area contributed by atoms with Crippen molar-refractivity contribution in [3.63, 3.8) is 0 Å². The fraction of sp³-hybridized carbons (Fsp3) is 1.00. The van der Waals surface area contributed by atoms with Crippen LogP contribution in [0.2, 0.25) is 0 Å². The van der Waals surface area contributed by atoms with Crippen LogP contribution in [0.5, 0.6) is 0 Å². The van der Waals surface area contributed by atoms with E-state index in [4.69, 9.17) is 4.74 Å². The maximum absolute atomic E-state index is 5.71. The molecule has 0 aromatic carbocycles. The van der Waals surface area contributed by atoms with Crippen LogP contribution < -0.4 is 0 Å². The minimum Gasteiger partial charge on any atom is -0.375 e. The summed E-state index contributed by atoms with van der Waals surface area (Å²) in [4.78, 5) is 0. The molecule has 1 atom stereocenters. The molecule has 11 heavy (non-hydrogen) atoms. The monoisotopic (exact) mass is 220 g/mol. The van der Waals surface area contributed by atoms with E-state index in [0.717, 1.165) is 17.9 Å². The smallest absolute Gasteiger partial charge is 0.0626 e. The van der Waals surface area contributed by atoms with Crippen LogP contribution in [0.1, 0.15) is 33.1 Å². The minimum absolute atomic E-state index is 0.142. The Hall–Kier alpha value is 0.440. The number of hydrogen-bond donors (Lipinski definition) is 0. The molecule has 0 N–H and O–H groups in total. The van der Waals surface area contributed by atoms with Crippen molar-refractivity contribution in [2.75, 3.05) is 11.9 Å². The molecule has 0 radical (unpaired) electrons. The Labute approximate surface area is 77.6 Å². The first-order valence-corrected chi connectivity index (χ1v) is 5.46. The lowest BCUT2D eigenvalue weighted by Gasteiger charge is -2.34. The van der Waals surface area contributed by atoms with E-state index >= 15 is 0 Å². The highest BCUT2D eigenvalue weighted by Crippen LogP contribution is 2.28. The molecule has 0 saturated carbocycles. The quantitative estimate of drug-likeness (QED) is 0.651. The molecule has 1 heterocycles. The molecule has 0 amide bonds. The lowest BCUT2D eigenvalue weighted by molar-refractivity contribution is -0.0766. The fourth-order valence-electron chi connectivity index (χ4n) is 1.43. The summed E-state index contributed by atoms with van der Waals surface area (Å²) in [6.07, 6.45) is 3.80. The van der Waals surface area contributed by atoms with Gasteiger partial charge in [0.15, 0.2) is 0 Å².